The van der Waals surface area contributed by atoms with Crippen molar-refractivity contribution in [3.05, 3.63) is 12.1 Å². The maximum atomic E-state index is 11.8. The van der Waals surface area contributed by atoms with Crippen LogP contribution in [0.5, 0.6) is 11.5 Å². The number of primary sulfonamides is 1. The number of ether oxygens (including phenoxy) is 2. The summed E-state index contributed by atoms with van der Waals surface area (Å²) in [6.07, 6.45) is 2.11. The Kier molecular flexibility index (Phi) is 3.02. The third-order valence-electron chi connectivity index (χ3n) is 3.38. The second-order valence-corrected chi connectivity index (χ2v) is 6.23. The minimum absolute atomic E-state index is 0.110. The third-order valence-corrected chi connectivity index (χ3v) is 4.32. The Morgan fingerprint density at radius 1 is 1.05 bits per heavy atom. The highest BCUT2D eigenvalue weighted by Crippen LogP contribution is 2.39. The Morgan fingerprint density at radius 3 is 2.21 bits per heavy atom. The van der Waals surface area contributed by atoms with Crippen molar-refractivity contribution in [3.8, 4) is 11.5 Å². The molecule has 0 bridgehead atoms. The lowest BCUT2D eigenvalue weighted by atomic mass is 10.2. The van der Waals surface area contributed by atoms with E-state index in [0.29, 0.717) is 30.4 Å². The summed E-state index contributed by atoms with van der Waals surface area (Å²) < 4.78 is 34.4. The van der Waals surface area contributed by atoms with E-state index in [1.807, 2.05) is 4.90 Å². The van der Waals surface area contributed by atoms with Gasteiger partial charge in [-0.15, -0.1) is 0 Å². The highest BCUT2D eigenvalue weighted by Gasteiger charge is 2.25. The van der Waals surface area contributed by atoms with Crippen molar-refractivity contribution in [2.24, 2.45) is 5.14 Å². The lowest BCUT2D eigenvalue weighted by Crippen LogP contribution is -2.24. The molecule has 104 valence electrons. The van der Waals surface area contributed by atoms with Crippen molar-refractivity contribution in [1.29, 1.82) is 0 Å². The minimum atomic E-state index is -3.78. The summed E-state index contributed by atoms with van der Waals surface area (Å²) in [7, 11) is -3.78. The molecular formula is C12H16N2O4S. The van der Waals surface area contributed by atoms with Gasteiger partial charge in [0.05, 0.1) is 5.69 Å². The van der Waals surface area contributed by atoms with Gasteiger partial charge in [-0.05, 0) is 12.8 Å². The van der Waals surface area contributed by atoms with Crippen molar-refractivity contribution in [3.63, 3.8) is 0 Å². The Hall–Kier alpha value is -1.47. The zero-order valence-corrected chi connectivity index (χ0v) is 11.3. The van der Waals surface area contributed by atoms with Gasteiger partial charge in [-0.3, -0.25) is 0 Å². The van der Waals surface area contributed by atoms with Crippen LogP contribution in [0.1, 0.15) is 12.8 Å². The normalized spacial score (nSPS) is 18.7. The number of fused-ring (bicyclic) bond motifs is 1. The number of anilines is 1. The smallest absolute Gasteiger partial charge is 0.240 e. The number of nitrogens with two attached hydrogens (primary N) is 1. The first kappa shape index (κ1) is 12.6. The maximum Gasteiger partial charge on any atom is 0.240 e. The molecule has 3 rings (SSSR count). The lowest BCUT2D eigenvalue weighted by molar-refractivity contribution is 0.171. The van der Waals surface area contributed by atoms with Crippen LogP contribution in [0.2, 0.25) is 0 Å². The van der Waals surface area contributed by atoms with Crippen LogP contribution in [0, 0.1) is 0 Å². The second kappa shape index (κ2) is 4.57. The fourth-order valence-corrected chi connectivity index (χ4v) is 3.24. The predicted molar refractivity (Wildman–Crippen MR) is 70.3 cm³/mol. The molecule has 0 saturated carbocycles. The molecule has 0 aromatic heterocycles. The van der Waals surface area contributed by atoms with Gasteiger partial charge >= 0.3 is 0 Å². The highest BCUT2D eigenvalue weighted by atomic mass is 32.2. The fraction of sp³-hybridized carbons (Fsp3) is 0.500. The predicted octanol–water partition coefficient (Wildman–Crippen LogP) is 0.705. The molecule has 6 nitrogen and oxygen atoms in total. The van der Waals surface area contributed by atoms with E-state index in [1.54, 1.807) is 6.07 Å². The zero-order chi connectivity index (χ0) is 13.5. The zero-order valence-electron chi connectivity index (χ0n) is 10.5. The van der Waals surface area contributed by atoms with Crippen molar-refractivity contribution >= 4 is 15.7 Å². The van der Waals surface area contributed by atoms with Gasteiger partial charge in [0.25, 0.3) is 0 Å². The Morgan fingerprint density at radius 2 is 1.63 bits per heavy atom. The molecule has 7 heteroatoms. The quantitative estimate of drug-likeness (QED) is 0.864. The Bertz CT molecular complexity index is 594. The lowest BCUT2D eigenvalue weighted by Gasteiger charge is -2.25. The van der Waals surface area contributed by atoms with Gasteiger partial charge in [0.1, 0.15) is 18.1 Å². The van der Waals surface area contributed by atoms with Crippen LogP contribution in [0.3, 0.4) is 0 Å². The van der Waals surface area contributed by atoms with Crippen LogP contribution in [0.4, 0.5) is 5.69 Å². The van der Waals surface area contributed by atoms with Gasteiger partial charge in [0.15, 0.2) is 11.5 Å². The van der Waals surface area contributed by atoms with Crippen molar-refractivity contribution in [1.82, 2.24) is 0 Å². The highest BCUT2D eigenvalue weighted by molar-refractivity contribution is 7.89. The molecule has 0 spiro atoms. The summed E-state index contributed by atoms with van der Waals surface area (Å²) >= 11 is 0. The van der Waals surface area contributed by atoms with Gasteiger partial charge in [0.2, 0.25) is 10.0 Å². The number of hydrogen-bond donors (Lipinski definition) is 1. The van der Waals surface area contributed by atoms with Crippen molar-refractivity contribution < 1.29 is 17.9 Å². The third kappa shape index (κ3) is 2.35. The molecule has 2 N–H and O–H groups in total. The van der Waals surface area contributed by atoms with Gasteiger partial charge in [0, 0.05) is 25.2 Å². The molecule has 0 unspecified atom stereocenters. The molecule has 1 aromatic rings. The first-order chi connectivity index (χ1) is 9.05. The monoisotopic (exact) mass is 284 g/mol. The van der Waals surface area contributed by atoms with E-state index >= 15 is 0 Å². The molecule has 0 amide bonds. The van der Waals surface area contributed by atoms with Gasteiger partial charge in [-0.2, -0.15) is 0 Å². The summed E-state index contributed by atoms with van der Waals surface area (Å²) in [5.41, 5.74) is 0.615. The van der Waals surface area contributed by atoms with Crippen LogP contribution in [0.15, 0.2) is 17.0 Å². The minimum Gasteiger partial charge on any atom is -0.486 e. The first-order valence-electron chi connectivity index (χ1n) is 6.27. The van der Waals surface area contributed by atoms with E-state index in [4.69, 9.17) is 14.6 Å². The van der Waals surface area contributed by atoms with Gasteiger partial charge < -0.3 is 14.4 Å². The van der Waals surface area contributed by atoms with E-state index in [1.165, 1.54) is 6.07 Å². The molecule has 1 fully saturated rings. The molecule has 1 aromatic carbocycles. The average molecular weight is 284 g/mol. The van der Waals surface area contributed by atoms with Crippen LogP contribution in [-0.4, -0.2) is 34.7 Å². The van der Waals surface area contributed by atoms with E-state index in [9.17, 15) is 8.42 Å². The maximum absolute atomic E-state index is 11.8. The fourth-order valence-electron chi connectivity index (χ4n) is 2.49. The number of hydrogen-bond acceptors (Lipinski definition) is 5. The largest absolute Gasteiger partial charge is 0.486 e. The van der Waals surface area contributed by atoms with E-state index in [2.05, 4.69) is 0 Å². The van der Waals surface area contributed by atoms with Crippen molar-refractivity contribution in [2.75, 3.05) is 31.2 Å². The van der Waals surface area contributed by atoms with E-state index in [0.717, 1.165) is 25.9 Å². The SMILES string of the molecule is NS(=O)(=O)c1cc2c(cc1N1CCCC1)OCCO2. The van der Waals surface area contributed by atoms with Gasteiger partial charge in [-0.1, -0.05) is 0 Å². The molecular weight excluding hydrogens is 268 g/mol. The first-order valence-corrected chi connectivity index (χ1v) is 7.82. The van der Waals surface area contributed by atoms with Gasteiger partial charge in [-0.25, -0.2) is 13.6 Å². The number of sulfonamides is 1. The van der Waals surface area contributed by atoms with Crippen LogP contribution >= 0.6 is 0 Å². The summed E-state index contributed by atoms with van der Waals surface area (Å²) in [6, 6.07) is 3.19. The van der Waals surface area contributed by atoms with Crippen LogP contribution in [-0.2, 0) is 10.0 Å². The average Bonchev–Trinajstić information content (AvgIpc) is 2.90. The van der Waals surface area contributed by atoms with E-state index < -0.39 is 10.0 Å². The van der Waals surface area contributed by atoms with E-state index in [-0.39, 0.29) is 4.90 Å². The van der Waals surface area contributed by atoms with Crippen LogP contribution < -0.4 is 19.5 Å². The summed E-state index contributed by atoms with van der Waals surface area (Å²) in [5, 5.41) is 5.31. The molecule has 2 aliphatic heterocycles. The summed E-state index contributed by atoms with van der Waals surface area (Å²) in [4.78, 5) is 2.14. The number of rotatable bonds is 2. The van der Waals surface area contributed by atoms with Crippen molar-refractivity contribution in [2.45, 2.75) is 17.7 Å². The standard InChI is InChI=1S/C12H16N2O4S/c13-19(15,16)12-8-11-10(17-5-6-18-11)7-9(12)14-3-1-2-4-14/h7-8H,1-6H2,(H2,13,15,16). The van der Waals surface area contributed by atoms with Crippen LogP contribution in [0.25, 0.3) is 0 Å². The Balaban J connectivity index is 2.14. The molecule has 0 radical (unpaired) electrons. The Labute approximate surface area is 112 Å². The number of benzene rings is 1. The molecule has 0 atom stereocenters. The molecule has 1 saturated heterocycles. The molecule has 19 heavy (non-hydrogen) atoms. The molecule has 0 aliphatic carbocycles. The second-order valence-electron chi connectivity index (χ2n) is 4.70. The molecule has 2 heterocycles. The summed E-state index contributed by atoms with van der Waals surface area (Å²) in [5.74, 6) is 1.03. The molecule has 2 aliphatic rings. The number of nitrogens with zero attached hydrogens (tertiary/aromatic N) is 1. The topological polar surface area (TPSA) is 81.9 Å². The summed E-state index contributed by atoms with van der Waals surface area (Å²) in [6.45, 7) is 2.56.